The number of piperidine rings is 1. The van der Waals surface area contributed by atoms with Crippen molar-refractivity contribution in [2.24, 2.45) is 5.92 Å². The zero-order chi connectivity index (χ0) is 15.0. The molecule has 21 heavy (non-hydrogen) atoms. The number of hydrogen-bond donors (Lipinski definition) is 0. The molecule has 4 nitrogen and oxygen atoms in total. The van der Waals surface area contributed by atoms with Gasteiger partial charge in [0.15, 0.2) is 0 Å². The van der Waals surface area contributed by atoms with Crippen molar-refractivity contribution >= 4 is 11.9 Å². The molecule has 2 aliphatic rings. The third-order valence-corrected chi connectivity index (χ3v) is 4.67. The van der Waals surface area contributed by atoms with E-state index in [-0.39, 0.29) is 11.9 Å². The fraction of sp³-hybridized carbons (Fsp3) is 0.529. The normalized spacial score (nSPS) is 24.0. The molecule has 1 amide bonds. The summed E-state index contributed by atoms with van der Waals surface area (Å²) >= 11 is 0. The second kappa shape index (κ2) is 5.51. The SMILES string of the molecule is CC(=O)Oc1ccc2c(c1)C[C@H]1CCCN(C(C)=O)[C@H]1C2. The van der Waals surface area contributed by atoms with Crippen molar-refractivity contribution in [2.45, 2.75) is 45.6 Å². The van der Waals surface area contributed by atoms with Gasteiger partial charge in [-0.15, -0.1) is 0 Å². The molecule has 1 aliphatic carbocycles. The van der Waals surface area contributed by atoms with E-state index in [1.807, 2.05) is 23.1 Å². The van der Waals surface area contributed by atoms with Crippen molar-refractivity contribution < 1.29 is 14.3 Å². The Bertz CT molecular complexity index is 581. The molecule has 0 unspecified atom stereocenters. The summed E-state index contributed by atoms with van der Waals surface area (Å²) in [5, 5.41) is 0. The lowest BCUT2D eigenvalue weighted by Gasteiger charge is -2.44. The lowest BCUT2D eigenvalue weighted by atomic mass is 9.75. The smallest absolute Gasteiger partial charge is 0.308 e. The zero-order valence-electron chi connectivity index (χ0n) is 12.6. The molecule has 2 atom stereocenters. The zero-order valence-corrected chi connectivity index (χ0v) is 12.6. The summed E-state index contributed by atoms with van der Waals surface area (Å²) < 4.78 is 5.17. The van der Waals surface area contributed by atoms with Gasteiger partial charge in [0.25, 0.3) is 0 Å². The van der Waals surface area contributed by atoms with Crippen LogP contribution in [0.2, 0.25) is 0 Å². The lowest BCUT2D eigenvalue weighted by Crippen LogP contribution is -2.51. The molecule has 1 heterocycles. The number of amides is 1. The number of likely N-dealkylation sites (tertiary alicyclic amines) is 1. The van der Waals surface area contributed by atoms with Crippen LogP contribution in [0.4, 0.5) is 0 Å². The Balaban J connectivity index is 1.86. The maximum Gasteiger partial charge on any atom is 0.308 e. The summed E-state index contributed by atoms with van der Waals surface area (Å²) in [6.07, 6.45) is 4.14. The highest BCUT2D eigenvalue weighted by atomic mass is 16.5. The Morgan fingerprint density at radius 3 is 2.71 bits per heavy atom. The largest absolute Gasteiger partial charge is 0.427 e. The molecule has 3 rings (SSSR count). The van der Waals surface area contributed by atoms with Crippen molar-refractivity contribution in [2.75, 3.05) is 6.54 Å². The van der Waals surface area contributed by atoms with Crippen LogP contribution in [0.3, 0.4) is 0 Å². The van der Waals surface area contributed by atoms with Crippen molar-refractivity contribution in [1.82, 2.24) is 4.90 Å². The topological polar surface area (TPSA) is 46.6 Å². The summed E-state index contributed by atoms with van der Waals surface area (Å²) in [6.45, 7) is 3.97. The second-order valence-corrected chi connectivity index (χ2v) is 6.11. The van der Waals surface area contributed by atoms with Crippen LogP contribution in [-0.2, 0) is 22.4 Å². The van der Waals surface area contributed by atoms with E-state index in [0.717, 1.165) is 25.8 Å². The van der Waals surface area contributed by atoms with E-state index < -0.39 is 0 Å². The van der Waals surface area contributed by atoms with Crippen LogP contribution < -0.4 is 4.74 Å². The number of benzene rings is 1. The van der Waals surface area contributed by atoms with Crippen molar-refractivity contribution in [3.05, 3.63) is 29.3 Å². The highest BCUT2D eigenvalue weighted by Crippen LogP contribution is 2.36. The minimum atomic E-state index is -0.288. The summed E-state index contributed by atoms with van der Waals surface area (Å²) in [5.41, 5.74) is 2.54. The van der Waals surface area contributed by atoms with Crippen LogP contribution >= 0.6 is 0 Å². The first-order valence-corrected chi connectivity index (χ1v) is 7.62. The number of rotatable bonds is 1. The van der Waals surface area contributed by atoms with Crippen LogP contribution in [0.25, 0.3) is 0 Å². The van der Waals surface area contributed by atoms with Gasteiger partial charge in [-0.1, -0.05) is 6.07 Å². The summed E-state index contributed by atoms with van der Waals surface area (Å²) in [4.78, 5) is 24.9. The predicted molar refractivity (Wildman–Crippen MR) is 79.1 cm³/mol. The molecule has 0 bridgehead atoms. The highest BCUT2D eigenvalue weighted by Gasteiger charge is 2.36. The Morgan fingerprint density at radius 1 is 1.19 bits per heavy atom. The molecular formula is C17H21NO3. The standard InChI is InChI=1S/C17H21NO3/c1-11(19)18-7-3-4-14-8-15-9-16(21-12(2)20)6-5-13(15)10-17(14)18/h5-6,9,14,17H,3-4,7-8,10H2,1-2H3/t14-,17+/m1/s1. The maximum atomic E-state index is 11.8. The average Bonchev–Trinajstić information content (AvgIpc) is 2.43. The Kier molecular flexibility index (Phi) is 3.70. The third-order valence-electron chi connectivity index (χ3n) is 4.67. The fourth-order valence-corrected chi connectivity index (χ4v) is 3.77. The number of esters is 1. The van der Waals surface area contributed by atoms with Crippen molar-refractivity contribution in [3.63, 3.8) is 0 Å². The second-order valence-electron chi connectivity index (χ2n) is 6.11. The highest BCUT2D eigenvalue weighted by molar-refractivity contribution is 5.74. The average molecular weight is 287 g/mol. The molecule has 4 heteroatoms. The van der Waals surface area contributed by atoms with Crippen LogP contribution in [-0.4, -0.2) is 29.4 Å². The van der Waals surface area contributed by atoms with Crippen molar-refractivity contribution in [3.8, 4) is 5.75 Å². The molecular weight excluding hydrogens is 266 g/mol. The number of carbonyl (C=O) groups is 2. The summed E-state index contributed by atoms with van der Waals surface area (Å²) in [7, 11) is 0. The molecule has 0 spiro atoms. The molecule has 112 valence electrons. The Hall–Kier alpha value is -1.84. The van der Waals surface area contributed by atoms with Gasteiger partial charge in [-0.2, -0.15) is 0 Å². The number of ether oxygens (including phenoxy) is 1. The first kappa shape index (κ1) is 14.1. The molecule has 1 saturated heterocycles. The minimum absolute atomic E-state index is 0.185. The van der Waals surface area contributed by atoms with E-state index in [9.17, 15) is 9.59 Å². The first-order chi connectivity index (χ1) is 10.0. The molecule has 1 fully saturated rings. The van der Waals surface area contributed by atoms with Gasteiger partial charge in [-0.3, -0.25) is 9.59 Å². The van der Waals surface area contributed by atoms with E-state index in [0.29, 0.717) is 17.7 Å². The molecule has 0 aromatic heterocycles. The summed E-state index contributed by atoms with van der Waals surface area (Å²) in [5.74, 6) is 1.05. The molecule has 0 radical (unpaired) electrons. The molecule has 0 saturated carbocycles. The van der Waals surface area contributed by atoms with E-state index in [1.165, 1.54) is 24.5 Å². The van der Waals surface area contributed by atoms with Gasteiger partial charge in [0.2, 0.25) is 5.91 Å². The van der Waals surface area contributed by atoms with Gasteiger partial charge in [0.05, 0.1) is 0 Å². The monoisotopic (exact) mass is 287 g/mol. The van der Waals surface area contributed by atoms with Crippen molar-refractivity contribution in [1.29, 1.82) is 0 Å². The number of fused-ring (bicyclic) bond motifs is 2. The van der Waals surface area contributed by atoms with Crippen LogP contribution in [0.5, 0.6) is 5.75 Å². The van der Waals surface area contributed by atoms with E-state index in [2.05, 4.69) is 0 Å². The third kappa shape index (κ3) is 2.80. The van der Waals surface area contributed by atoms with E-state index in [4.69, 9.17) is 4.74 Å². The lowest BCUT2D eigenvalue weighted by molar-refractivity contribution is -0.134. The molecule has 1 aromatic rings. The van der Waals surface area contributed by atoms with Crippen LogP contribution in [0.15, 0.2) is 18.2 Å². The van der Waals surface area contributed by atoms with Crippen LogP contribution in [0, 0.1) is 5.92 Å². The predicted octanol–water partition coefficient (Wildman–Crippen LogP) is 2.34. The van der Waals surface area contributed by atoms with Gasteiger partial charge < -0.3 is 9.64 Å². The Morgan fingerprint density at radius 2 is 2.00 bits per heavy atom. The number of hydrogen-bond acceptors (Lipinski definition) is 3. The van der Waals surface area contributed by atoms with Gasteiger partial charge in [-0.05, 0) is 54.9 Å². The van der Waals surface area contributed by atoms with Gasteiger partial charge in [-0.25, -0.2) is 0 Å². The van der Waals surface area contributed by atoms with Crippen LogP contribution in [0.1, 0.15) is 37.8 Å². The van der Waals surface area contributed by atoms with Gasteiger partial charge in [0, 0.05) is 26.4 Å². The quantitative estimate of drug-likeness (QED) is 0.588. The minimum Gasteiger partial charge on any atom is -0.427 e. The van der Waals surface area contributed by atoms with Gasteiger partial charge in [0.1, 0.15) is 5.75 Å². The molecule has 0 N–H and O–H groups in total. The maximum absolute atomic E-state index is 11.8. The Labute approximate surface area is 125 Å². The summed E-state index contributed by atoms with van der Waals surface area (Å²) in [6, 6.07) is 6.21. The molecule has 1 aliphatic heterocycles. The van der Waals surface area contributed by atoms with E-state index >= 15 is 0 Å². The molecule has 1 aromatic carbocycles. The van der Waals surface area contributed by atoms with E-state index in [1.54, 1.807) is 6.92 Å². The first-order valence-electron chi connectivity index (χ1n) is 7.62. The fourth-order valence-electron chi connectivity index (χ4n) is 3.77. The van der Waals surface area contributed by atoms with Gasteiger partial charge >= 0.3 is 5.97 Å². The number of carbonyl (C=O) groups excluding carboxylic acids is 2. The number of nitrogens with zero attached hydrogens (tertiary/aromatic N) is 1.